The van der Waals surface area contributed by atoms with E-state index >= 15 is 0 Å². The van der Waals surface area contributed by atoms with Crippen LogP contribution in [0.1, 0.15) is 393 Å². The molecule has 1 unspecified atom stereocenters. The molecule has 6 heteroatoms. The van der Waals surface area contributed by atoms with Crippen molar-refractivity contribution >= 4 is 17.9 Å². The lowest BCUT2D eigenvalue weighted by Crippen LogP contribution is -2.30. The summed E-state index contributed by atoms with van der Waals surface area (Å²) in [6.45, 7) is 6.64. The van der Waals surface area contributed by atoms with Crippen molar-refractivity contribution in [3.05, 3.63) is 24.3 Å². The third kappa shape index (κ3) is 64.6. The monoisotopic (exact) mass is 1080 g/mol. The predicted octanol–water partition coefficient (Wildman–Crippen LogP) is 23.8. The van der Waals surface area contributed by atoms with E-state index in [0.717, 1.165) is 83.5 Å². The second-order valence-corrected chi connectivity index (χ2v) is 23.8. The molecule has 0 aromatic heterocycles. The van der Waals surface area contributed by atoms with Crippen LogP contribution in [0.25, 0.3) is 0 Å². The highest BCUT2D eigenvalue weighted by Crippen LogP contribution is 2.19. The molecule has 0 aliphatic heterocycles. The lowest BCUT2D eigenvalue weighted by atomic mass is 10.0. The summed E-state index contributed by atoms with van der Waals surface area (Å²) in [5, 5.41) is 0. The molecular formula is C71H134O6. The second-order valence-electron chi connectivity index (χ2n) is 23.8. The average molecular weight is 1080 g/mol. The van der Waals surface area contributed by atoms with Crippen LogP contribution in [0, 0.1) is 0 Å². The van der Waals surface area contributed by atoms with Gasteiger partial charge < -0.3 is 14.2 Å². The first-order valence-electron chi connectivity index (χ1n) is 34.8. The Morgan fingerprint density at radius 1 is 0.260 bits per heavy atom. The van der Waals surface area contributed by atoms with Crippen LogP contribution in [0.2, 0.25) is 0 Å². The van der Waals surface area contributed by atoms with Gasteiger partial charge in [-0.05, 0) is 44.9 Å². The van der Waals surface area contributed by atoms with E-state index in [4.69, 9.17) is 14.2 Å². The summed E-state index contributed by atoms with van der Waals surface area (Å²) in [6, 6.07) is 0. The molecule has 0 aromatic rings. The summed E-state index contributed by atoms with van der Waals surface area (Å²) in [5.74, 6) is -0.856. The number of allylic oxidation sites excluding steroid dienone is 4. The first-order valence-corrected chi connectivity index (χ1v) is 34.8. The fourth-order valence-corrected chi connectivity index (χ4v) is 10.7. The van der Waals surface area contributed by atoms with Gasteiger partial charge in [-0.15, -0.1) is 0 Å². The van der Waals surface area contributed by atoms with Gasteiger partial charge in [-0.2, -0.15) is 0 Å². The Balaban J connectivity index is 4.09. The third-order valence-electron chi connectivity index (χ3n) is 15.9. The number of hydrogen-bond donors (Lipinski definition) is 0. The van der Waals surface area contributed by atoms with E-state index in [9.17, 15) is 14.4 Å². The Kier molecular flexibility index (Phi) is 64.6. The van der Waals surface area contributed by atoms with E-state index in [1.807, 2.05) is 0 Å². The van der Waals surface area contributed by atoms with Gasteiger partial charge >= 0.3 is 17.9 Å². The molecule has 0 saturated carbocycles. The normalized spacial score (nSPS) is 12.1. The number of rotatable bonds is 65. The van der Waals surface area contributed by atoms with E-state index in [1.54, 1.807) is 0 Å². The Morgan fingerprint density at radius 2 is 0.494 bits per heavy atom. The molecule has 0 bridgehead atoms. The average Bonchev–Trinajstić information content (AvgIpc) is 3.43. The summed E-state index contributed by atoms with van der Waals surface area (Å²) in [5.41, 5.74) is 0. The van der Waals surface area contributed by atoms with Crippen molar-refractivity contribution in [3.63, 3.8) is 0 Å². The quantitative estimate of drug-likeness (QED) is 0.0261. The molecule has 0 aliphatic rings. The molecule has 1 atom stereocenters. The molecule has 0 fully saturated rings. The molecule has 0 heterocycles. The predicted molar refractivity (Wildman–Crippen MR) is 335 cm³/mol. The second kappa shape index (κ2) is 66.4. The van der Waals surface area contributed by atoms with E-state index in [0.29, 0.717) is 19.3 Å². The van der Waals surface area contributed by atoms with Gasteiger partial charge in [-0.3, -0.25) is 14.4 Å². The van der Waals surface area contributed by atoms with Crippen LogP contribution in [0.3, 0.4) is 0 Å². The summed E-state index contributed by atoms with van der Waals surface area (Å²) >= 11 is 0. The van der Waals surface area contributed by atoms with Crippen LogP contribution in [-0.2, 0) is 28.6 Å². The molecule has 0 spiro atoms. The third-order valence-corrected chi connectivity index (χ3v) is 15.9. The zero-order valence-electron chi connectivity index (χ0n) is 52.3. The highest BCUT2D eigenvalue weighted by Gasteiger charge is 2.19. The molecule has 0 aromatic carbocycles. The van der Waals surface area contributed by atoms with Crippen LogP contribution in [-0.4, -0.2) is 37.2 Å². The molecule has 454 valence electrons. The number of ether oxygens (including phenoxy) is 3. The molecular weight excluding hydrogens is 949 g/mol. The molecule has 0 rings (SSSR count). The lowest BCUT2D eigenvalue weighted by molar-refractivity contribution is -0.167. The number of unbranched alkanes of at least 4 members (excludes halogenated alkanes) is 50. The first kappa shape index (κ1) is 74.9. The minimum absolute atomic E-state index is 0.0696. The van der Waals surface area contributed by atoms with Gasteiger partial charge in [-0.25, -0.2) is 0 Å². The van der Waals surface area contributed by atoms with Gasteiger partial charge in [0.05, 0.1) is 0 Å². The Hall–Kier alpha value is -2.11. The van der Waals surface area contributed by atoms with Gasteiger partial charge in [0.15, 0.2) is 6.10 Å². The van der Waals surface area contributed by atoms with Crippen molar-refractivity contribution in [2.24, 2.45) is 0 Å². The van der Waals surface area contributed by atoms with Crippen molar-refractivity contribution < 1.29 is 28.6 Å². The molecule has 0 radical (unpaired) electrons. The maximum absolute atomic E-state index is 12.9. The van der Waals surface area contributed by atoms with Gasteiger partial charge in [0.25, 0.3) is 0 Å². The van der Waals surface area contributed by atoms with Crippen molar-refractivity contribution in [1.29, 1.82) is 0 Å². The van der Waals surface area contributed by atoms with Gasteiger partial charge in [0.2, 0.25) is 0 Å². The van der Waals surface area contributed by atoms with Crippen LogP contribution in [0.4, 0.5) is 0 Å². The summed E-state index contributed by atoms with van der Waals surface area (Å²) in [7, 11) is 0. The van der Waals surface area contributed by atoms with Crippen LogP contribution >= 0.6 is 0 Å². The molecule has 0 amide bonds. The first-order chi connectivity index (χ1) is 38.0. The summed E-state index contributed by atoms with van der Waals surface area (Å²) < 4.78 is 16.9. The van der Waals surface area contributed by atoms with E-state index in [-0.39, 0.29) is 31.1 Å². The topological polar surface area (TPSA) is 78.9 Å². The molecule has 77 heavy (non-hydrogen) atoms. The lowest BCUT2D eigenvalue weighted by Gasteiger charge is -2.18. The zero-order valence-corrected chi connectivity index (χ0v) is 52.3. The molecule has 0 aliphatic carbocycles. The Morgan fingerprint density at radius 3 is 0.766 bits per heavy atom. The van der Waals surface area contributed by atoms with Crippen LogP contribution in [0.15, 0.2) is 24.3 Å². The highest BCUT2D eigenvalue weighted by atomic mass is 16.6. The summed E-state index contributed by atoms with van der Waals surface area (Å²) in [6.07, 6.45) is 80.8. The number of esters is 3. The van der Waals surface area contributed by atoms with Crippen molar-refractivity contribution in [3.8, 4) is 0 Å². The number of carbonyl (C=O) groups is 3. The van der Waals surface area contributed by atoms with Crippen LogP contribution in [0.5, 0.6) is 0 Å². The minimum atomic E-state index is -0.773. The highest BCUT2D eigenvalue weighted by molar-refractivity contribution is 5.71. The zero-order chi connectivity index (χ0) is 55.7. The fourth-order valence-electron chi connectivity index (χ4n) is 10.7. The molecule has 6 nitrogen and oxygen atoms in total. The van der Waals surface area contributed by atoms with Gasteiger partial charge in [-0.1, -0.05) is 353 Å². The SMILES string of the molecule is CCC/C=C\C/C=C\CCCCCCCC(=O)OCC(COC(=O)CCCCCCCCCCCCCCCCCCCCCCCCCCCCCCCCC)OC(=O)CCCCCCCCCCCCCCCCC. The summed E-state index contributed by atoms with van der Waals surface area (Å²) in [4.78, 5) is 38.3. The standard InChI is InChI=1S/C71H134O6/c1-4-7-10-13-16-19-22-25-27-28-29-30-31-32-33-34-35-36-37-38-39-40-41-42-44-46-49-52-55-58-61-64-70(73)76-67-68(66-75-69(72)63-60-57-54-51-48-45-24-21-18-15-12-9-6-3)77-71(74)65-62-59-56-53-50-47-43-26-23-20-17-14-11-8-5-2/h12,15,21,24,68H,4-11,13-14,16-20,22-23,25-67H2,1-3H3/b15-12-,24-21-. The van der Waals surface area contributed by atoms with Gasteiger partial charge in [0.1, 0.15) is 13.2 Å². The smallest absolute Gasteiger partial charge is 0.306 e. The Labute approximate surface area is 481 Å². The number of carbonyl (C=O) groups excluding carboxylic acids is 3. The maximum atomic E-state index is 12.9. The van der Waals surface area contributed by atoms with Crippen molar-refractivity contribution in [1.82, 2.24) is 0 Å². The van der Waals surface area contributed by atoms with Crippen molar-refractivity contribution in [2.45, 2.75) is 399 Å². The van der Waals surface area contributed by atoms with Gasteiger partial charge in [0, 0.05) is 19.3 Å². The van der Waals surface area contributed by atoms with Crippen molar-refractivity contribution in [2.75, 3.05) is 13.2 Å². The van der Waals surface area contributed by atoms with Crippen LogP contribution < -0.4 is 0 Å². The Bertz CT molecular complexity index is 1240. The fraction of sp³-hybridized carbons (Fsp3) is 0.901. The maximum Gasteiger partial charge on any atom is 0.306 e. The minimum Gasteiger partial charge on any atom is -0.462 e. The van der Waals surface area contributed by atoms with E-state index in [1.165, 1.54) is 270 Å². The van der Waals surface area contributed by atoms with E-state index in [2.05, 4.69) is 45.1 Å². The number of hydrogen-bond acceptors (Lipinski definition) is 6. The molecule has 0 N–H and O–H groups in total. The van der Waals surface area contributed by atoms with E-state index < -0.39 is 6.10 Å². The largest absolute Gasteiger partial charge is 0.462 e. The molecule has 0 saturated heterocycles.